The molecule has 0 spiro atoms. The Morgan fingerprint density at radius 3 is 1.78 bits per heavy atom. The summed E-state index contributed by atoms with van der Waals surface area (Å²) in [5, 5.41) is 0. The van der Waals surface area contributed by atoms with Crippen molar-refractivity contribution in [3.05, 3.63) is 0 Å². The summed E-state index contributed by atoms with van der Waals surface area (Å²) in [6, 6.07) is 0. The molecular weight excluding hydrogens is 281 g/mol. The lowest BCUT2D eigenvalue weighted by molar-refractivity contribution is -0.0560. The first-order valence-electron chi connectivity index (χ1n) is 4.91. The van der Waals surface area contributed by atoms with Crippen LogP contribution in [0.15, 0.2) is 0 Å². The number of hydrogen-bond donors (Lipinski definition) is 0. The van der Waals surface area contributed by atoms with E-state index in [0.29, 0.717) is 13.2 Å². The molecule has 10 heteroatoms. The van der Waals surface area contributed by atoms with Crippen LogP contribution in [0.5, 0.6) is 0 Å². The Kier molecular flexibility index (Phi) is 8.44. The van der Waals surface area contributed by atoms with Crippen LogP contribution in [-0.2, 0) is 28.5 Å². The highest BCUT2D eigenvalue weighted by Crippen LogP contribution is 2.24. The van der Waals surface area contributed by atoms with Crippen LogP contribution in [0.1, 0.15) is 0 Å². The monoisotopic (exact) mass is 296 g/mol. The van der Waals surface area contributed by atoms with Gasteiger partial charge in [-0.2, -0.15) is 21.6 Å². The first-order valence-corrected chi connectivity index (χ1v) is 6.32. The summed E-state index contributed by atoms with van der Waals surface area (Å²) in [5.74, 6) is 0. The van der Waals surface area contributed by atoms with E-state index in [9.17, 15) is 21.6 Å². The molecule has 0 heterocycles. The van der Waals surface area contributed by atoms with E-state index in [1.54, 1.807) is 0 Å². The van der Waals surface area contributed by atoms with Crippen LogP contribution in [-0.4, -0.2) is 60.7 Å². The molecule has 0 aliphatic heterocycles. The quantitative estimate of drug-likeness (QED) is 0.333. The van der Waals surface area contributed by atoms with Crippen LogP contribution in [0.3, 0.4) is 0 Å². The lowest BCUT2D eigenvalue weighted by Gasteiger charge is -2.08. The molecule has 0 aromatic rings. The second kappa shape index (κ2) is 8.64. The molecule has 0 bridgehead atoms. The summed E-state index contributed by atoms with van der Waals surface area (Å²) in [4.78, 5) is 0. The Morgan fingerprint density at radius 2 is 1.33 bits per heavy atom. The normalized spacial score (nSPS) is 12.9. The lowest BCUT2D eigenvalue weighted by Crippen LogP contribution is -2.27. The van der Waals surface area contributed by atoms with Gasteiger partial charge < -0.3 is 14.2 Å². The smallest absolute Gasteiger partial charge is 0.382 e. The van der Waals surface area contributed by atoms with Gasteiger partial charge in [-0.3, -0.25) is 4.18 Å². The Morgan fingerprint density at radius 1 is 0.889 bits per heavy atom. The number of methoxy groups -OCH3 is 1. The first-order chi connectivity index (χ1) is 8.31. The van der Waals surface area contributed by atoms with Crippen LogP contribution in [0.25, 0.3) is 0 Å². The summed E-state index contributed by atoms with van der Waals surface area (Å²) >= 11 is 0. The van der Waals surface area contributed by atoms with Crippen molar-refractivity contribution in [1.29, 1.82) is 0 Å². The zero-order valence-electron chi connectivity index (χ0n) is 9.73. The molecule has 0 fully saturated rings. The Hall–Kier alpha value is -0.420. The summed E-state index contributed by atoms with van der Waals surface area (Å²) in [7, 11) is -4.02. The lowest BCUT2D eigenvalue weighted by atomic mass is 10.7. The standard InChI is InChI=1S/C8H15F3O6S/c1-14-2-3-15-4-5-16-6-7-17-18(12,13)8(9,10)11/h2-7H2,1H3. The fourth-order valence-electron chi connectivity index (χ4n) is 0.734. The maximum Gasteiger partial charge on any atom is 0.523 e. The van der Waals surface area contributed by atoms with Crippen LogP contribution in [0.4, 0.5) is 13.2 Å². The summed E-state index contributed by atoms with van der Waals surface area (Å²) in [5.41, 5.74) is -5.41. The van der Waals surface area contributed by atoms with E-state index in [1.807, 2.05) is 0 Å². The van der Waals surface area contributed by atoms with Gasteiger partial charge in [0.2, 0.25) is 0 Å². The second-order valence-electron chi connectivity index (χ2n) is 2.94. The highest BCUT2D eigenvalue weighted by Gasteiger charge is 2.47. The van der Waals surface area contributed by atoms with Gasteiger partial charge in [-0.25, -0.2) is 0 Å². The number of hydrogen-bond acceptors (Lipinski definition) is 6. The number of alkyl halides is 3. The predicted molar refractivity (Wildman–Crippen MR) is 54.4 cm³/mol. The molecule has 0 saturated heterocycles. The highest BCUT2D eigenvalue weighted by atomic mass is 32.2. The molecule has 0 amide bonds. The van der Waals surface area contributed by atoms with E-state index in [2.05, 4.69) is 4.18 Å². The molecule has 0 atom stereocenters. The van der Waals surface area contributed by atoms with E-state index in [4.69, 9.17) is 14.2 Å². The van der Waals surface area contributed by atoms with Crippen molar-refractivity contribution in [2.75, 3.05) is 46.8 Å². The summed E-state index contributed by atoms with van der Waals surface area (Å²) < 4.78 is 74.4. The molecule has 0 aliphatic rings. The number of rotatable bonds is 10. The minimum Gasteiger partial charge on any atom is -0.382 e. The maximum absolute atomic E-state index is 11.8. The van der Waals surface area contributed by atoms with Crippen molar-refractivity contribution >= 4 is 10.1 Å². The average molecular weight is 296 g/mol. The van der Waals surface area contributed by atoms with Crippen LogP contribution in [0, 0.1) is 0 Å². The third kappa shape index (κ3) is 7.82. The highest BCUT2D eigenvalue weighted by molar-refractivity contribution is 7.87. The van der Waals surface area contributed by atoms with Crippen LogP contribution < -0.4 is 0 Å². The zero-order valence-corrected chi connectivity index (χ0v) is 10.6. The summed E-state index contributed by atoms with van der Waals surface area (Å²) in [6.07, 6.45) is 0. The van der Waals surface area contributed by atoms with Gasteiger partial charge in [-0.05, 0) is 0 Å². The van der Waals surface area contributed by atoms with Crippen molar-refractivity contribution in [1.82, 2.24) is 0 Å². The fourth-order valence-corrected chi connectivity index (χ4v) is 1.15. The first kappa shape index (κ1) is 17.6. The van der Waals surface area contributed by atoms with Crippen LogP contribution >= 0.6 is 0 Å². The zero-order chi connectivity index (χ0) is 14.1. The van der Waals surface area contributed by atoms with Gasteiger partial charge in [0.05, 0.1) is 39.6 Å². The van der Waals surface area contributed by atoms with Gasteiger partial charge in [0.25, 0.3) is 0 Å². The second-order valence-corrected chi connectivity index (χ2v) is 4.55. The SMILES string of the molecule is COCCOCCOCCOS(=O)(=O)C(F)(F)F. The molecule has 6 nitrogen and oxygen atoms in total. The van der Waals surface area contributed by atoms with E-state index in [0.717, 1.165) is 0 Å². The van der Waals surface area contributed by atoms with E-state index < -0.39 is 22.2 Å². The van der Waals surface area contributed by atoms with Crippen molar-refractivity contribution in [3.63, 3.8) is 0 Å². The molecule has 0 saturated carbocycles. The summed E-state index contributed by atoms with van der Waals surface area (Å²) in [6.45, 7) is 0.184. The molecule has 18 heavy (non-hydrogen) atoms. The van der Waals surface area contributed by atoms with E-state index >= 15 is 0 Å². The van der Waals surface area contributed by atoms with Gasteiger partial charge in [0.1, 0.15) is 0 Å². The van der Waals surface area contributed by atoms with Crippen molar-refractivity contribution in [2.24, 2.45) is 0 Å². The van der Waals surface area contributed by atoms with Gasteiger partial charge in [-0.1, -0.05) is 0 Å². The number of ether oxygens (including phenoxy) is 3. The Labute approximate surface area is 103 Å². The minimum atomic E-state index is -5.53. The molecule has 110 valence electrons. The van der Waals surface area contributed by atoms with Crippen molar-refractivity contribution in [2.45, 2.75) is 5.51 Å². The predicted octanol–water partition coefficient (Wildman–Crippen LogP) is 0.532. The largest absolute Gasteiger partial charge is 0.523 e. The average Bonchev–Trinajstić information content (AvgIpc) is 2.25. The third-order valence-corrected chi connectivity index (χ3v) is 2.60. The van der Waals surface area contributed by atoms with E-state index in [-0.39, 0.29) is 19.8 Å². The molecule has 0 aliphatic carbocycles. The number of halogens is 3. The maximum atomic E-state index is 11.8. The molecule has 0 unspecified atom stereocenters. The topological polar surface area (TPSA) is 71.1 Å². The Balaban J connectivity index is 3.47. The Bertz CT molecular complexity index is 302. The van der Waals surface area contributed by atoms with Crippen molar-refractivity contribution in [3.8, 4) is 0 Å². The fraction of sp³-hybridized carbons (Fsp3) is 1.00. The van der Waals surface area contributed by atoms with Crippen molar-refractivity contribution < 1.29 is 40.0 Å². The van der Waals surface area contributed by atoms with Gasteiger partial charge >= 0.3 is 15.6 Å². The molecule has 0 aromatic carbocycles. The van der Waals surface area contributed by atoms with Gasteiger partial charge in [0.15, 0.2) is 0 Å². The van der Waals surface area contributed by atoms with Crippen LogP contribution in [0.2, 0.25) is 0 Å². The van der Waals surface area contributed by atoms with Gasteiger partial charge in [0, 0.05) is 7.11 Å². The molecular formula is C8H15F3O6S. The third-order valence-electron chi connectivity index (χ3n) is 1.55. The molecule has 0 N–H and O–H groups in total. The van der Waals surface area contributed by atoms with E-state index in [1.165, 1.54) is 7.11 Å². The minimum absolute atomic E-state index is 0.124. The molecule has 0 rings (SSSR count). The van der Waals surface area contributed by atoms with Gasteiger partial charge in [-0.15, -0.1) is 0 Å². The molecule has 0 aromatic heterocycles. The molecule has 0 radical (unpaired) electrons.